The number of ether oxygens (including phenoxy) is 1. The number of hydrogen-bond donors (Lipinski definition) is 1. The molecule has 7 heteroatoms. The number of nitrogens with zero attached hydrogens (tertiary/aromatic N) is 3. The molecule has 29 heavy (non-hydrogen) atoms. The lowest BCUT2D eigenvalue weighted by molar-refractivity contribution is -0.119. The fourth-order valence-corrected chi connectivity index (χ4v) is 3.71. The zero-order chi connectivity index (χ0) is 20.6. The smallest absolute Gasteiger partial charge is 0.230 e. The van der Waals surface area contributed by atoms with Crippen molar-refractivity contribution in [1.29, 1.82) is 0 Å². The third-order valence-electron chi connectivity index (χ3n) is 4.31. The molecule has 1 heterocycles. The Morgan fingerprint density at radius 2 is 1.83 bits per heavy atom. The summed E-state index contributed by atoms with van der Waals surface area (Å²) in [5.74, 6) is 1.89. The van der Waals surface area contributed by atoms with E-state index in [0.29, 0.717) is 5.75 Å². The second kappa shape index (κ2) is 10.1. The van der Waals surface area contributed by atoms with Crippen molar-refractivity contribution < 1.29 is 9.53 Å². The number of methoxy groups -OCH3 is 1. The zero-order valence-corrected chi connectivity index (χ0v) is 17.8. The SMILES string of the molecule is COc1ccc(-c2nnc(SCC(=O)NC(C)C)n2CCc2ccccc2)cc1. The number of amides is 1. The highest BCUT2D eigenvalue weighted by Gasteiger charge is 2.16. The molecule has 0 aliphatic rings. The number of carbonyl (C=O) groups is 1. The van der Waals surface area contributed by atoms with Crippen LogP contribution in [-0.2, 0) is 17.8 Å². The number of hydrogen-bond acceptors (Lipinski definition) is 5. The van der Waals surface area contributed by atoms with Crippen LogP contribution in [0.5, 0.6) is 5.75 Å². The molecule has 1 aromatic heterocycles. The normalized spacial score (nSPS) is 10.9. The van der Waals surface area contributed by atoms with E-state index in [0.717, 1.165) is 35.3 Å². The fourth-order valence-electron chi connectivity index (χ4n) is 2.93. The van der Waals surface area contributed by atoms with Gasteiger partial charge in [0, 0.05) is 18.2 Å². The summed E-state index contributed by atoms with van der Waals surface area (Å²) >= 11 is 1.41. The van der Waals surface area contributed by atoms with E-state index in [1.54, 1.807) is 7.11 Å². The molecule has 0 unspecified atom stereocenters. The summed E-state index contributed by atoms with van der Waals surface area (Å²) in [6.45, 7) is 4.63. The van der Waals surface area contributed by atoms with Crippen molar-refractivity contribution in [3.05, 3.63) is 60.2 Å². The monoisotopic (exact) mass is 410 g/mol. The Kier molecular flexibility index (Phi) is 7.30. The topological polar surface area (TPSA) is 69.0 Å². The molecular weight excluding hydrogens is 384 g/mol. The summed E-state index contributed by atoms with van der Waals surface area (Å²) in [6, 6.07) is 18.2. The Hall–Kier alpha value is -2.80. The minimum atomic E-state index is -0.00592. The summed E-state index contributed by atoms with van der Waals surface area (Å²) in [5.41, 5.74) is 2.21. The maximum Gasteiger partial charge on any atom is 0.230 e. The van der Waals surface area contributed by atoms with Gasteiger partial charge < -0.3 is 14.6 Å². The number of nitrogens with one attached hydrogen (secondary N) is 1. The van der Waals surface area contributed by atoms with Gasteiger partial charge in [-0.3, -0.25) is 4.79 Å². The van der Waals surface area contributed by atoms with E-state index < -0.39 is 0 Å². The van der Waals surface area contributed by atoms with Gasteiger partial charge in [-0.25, -0.2) is 0 Å². The number of carbonyl (C=O) groups excluding carboxylic acids is 1. The van der Waals surface area contributed by atoms with Gasteiger partial charge in [0.15, 0.2) is 11.0 Å². The van der Waals surface area contributed by atoms with Crippen LogP contribution in [0, 0.1) is 0 Å². The molecule has 1 N–H and O–H groups in total. The predicted molar refractivity (Wildman–Crippen MR) is 116 cm³/mol. The molecule has 0 aliphatic heterocycles. The molecule has 0 saturated heterocycles. The molecule has 0 spiro atoms. The molecule has 0 radical (unpaired) electrons. The molecule has 0 fully saturated rings. The first-order valence-electron chi connectivity index (χ1n) is 9.60. The molecule has 0 aliphatic carbocycles. The first-order chi connectivity index (χ1) is 14.1. The van der Waals surface area contributed by atoms with Crippen molar-refractivity contribution >= 4 is 17.7 Å². The predicted octanol–water partition coefficient (Wildman–Crippen LogP) is 3.81. The summed E-state index contributed by atoms with van der Waals surface area (Å²) in [5, 5.41) is 12.4. The summed E-state index contributed by atoms with van der Waals surface area (Å²) in [7, 11) is 1.65. The number of benzene rings is 2. The van der Waals surface area contributed by atoms with Gasteiger partial charge in [0.1, 0.15) is 5.75 Å². The van der Waals surface area contributed by atoms with Gasteiger partial charge >= 0.3 is 0 Å². The zero-order valence-electron chi connectivity index (χ0n) is 17.0. The van der Waals surface area contributed by atoms with Crippen molar-refractivity contribution in [1.82, 2.24) is 20.1 Å². The van der Waals surface area contributed by atoms with Crippen molar-refractivity contribution in [3.63, 3.8) is 0 Å². The molecule has 0 atom stereocenters. The van der Waals surface area contributed by atoms with E-state index in [1.807, 2.05) is 56.3 Å². The van der Waals surface area contributed by atoms with E-state index >= 15 is 0 Å². The second-order valence-corrected chi connectivity index (χ2v) is 7.88. The van der Waals surface area contributed by atoms with Crippen molar-refractivity contribution in [2.45, 2.75) is 38.0 Å². The third kappa shape index (κ3) is 5.84. The van der Waals surface area contributed by atoms with Crippen LogP contribution in [0.2, 0.25) is 0 Å². The lowest BCUT2D eigenvalue weighted by atomic mass is 10.1. The maximum atomic E-state index is 12.1. The summed E-state index contributed by atoms with van der Waals surface area (Å²) < 4.78 is 7.34. The van der Waals surface area contributed by atoms with Gasteiger partial charge in [0.25, 0.3) is 0 Å². The number of aryl methyl sites for hydroxylation is 1. The number of thioether (sulfide) groups is 1. The molecule has 3 rings (SSSR count). The van der Waals surface area contributed by atoms with Crippen LogP contribution >= 0.6 is 11.8 Å². The van der Waals surface area contributed by atoms with Crippen LogP contribution in [-0.4, -0.2) is 39.6 Å². The Morgan fingerprint density at radius 1 is 1.10 bits per heavy atom. The van der Waals surface area contributed by atoms with E-state index in [4.69, 9.17) is 4.74 Å². The molecule has 0 saturated carbocycles. The number of rotatable bonds is 9. The minimum absolute atomic E-state index is 0.00592. The summed E-state index contributed by atoms with van der Waals surface area (Å²) in [6.07, 6.45) is 0.855. The quantitative estimate of drug-likeness (QED) is 0.543. The van der Waals surface area contributed by atoms with E-state index in [-0.39, 0.29) is 11.9 Å². The van der Waals surface area contributed by atoms with Gasteiger partial charge in [-0.1, -0.05) is 42.1 Å². The van der Waals surface area contributed by atoms with Crippen molar-refractivity contribution in [3.8, 4) is 17.1 Å². The molecule has 3 aromatic rings. The first-order valence-corrected chi connectivity index (χ1v) is 10.6. The van der Waals surface area contributed by atoms with Crippen LogP contribution in [0.25, 0.3) is 11.4 Å². The molecule has 152 valence electrons. The van der Waals surface area contributed by atoms with Gasteiger partial charge in [-0.05, 0) is 50.1 Å². The van der Waals surface area contributed by atoms with Crippen LogP contribution in [0.15, 0.2) is 59.8 Å². The van der Waals surface area contributed by atoms with Gasteiger partial charge in [-0.2, -0.15) is 0 Å². The van der Waals surface area contributed by atoms with E-state index in [9.17, 15) is 4.79 Å². The highest BCUT2D eigenvalue weighted by Crippen LogP contribution is 2.26. The maximum absolute atomic E-state index is 12.1. The lowest BCUT2D eigenvalue weighted by Gasteiger charge is -2.11. The Morgan fingerprint density at radius 3 is 2.48 bits per heavy atom. The molecule has 2 aromatic carbocycles. The highest BCUT2D eigenvalue weighted by atomic mass is 32.2. The van der Waals surface area contributed by atoms with Crippen LogP contribution in [0.3, 0.4) is 0 Å². The molecule has 0 bridgehead atoms. The Labute approximate surface area is 175 Å². The average molecular weight is 411 g/mol. The summed E-state index contributed by atoms with van der Waals surface area (Å²) in [4.78, 5) is 12.1. The average Bonchev–Trinajstić information content (AvgIpc) is 3.14. The van der Waals surface area contributed by atoms with Gasteiger partial charge in [0.05, 0.1) is 12.9 Å². The van der Waals surface area contributed by atoms with Crippen LogP contribution in [0.1, 0.15) is 19.4 Å². The van der Waals surface area contributed by atoms with Gasteiger partial charge in [-0.15, -0.1) is 10.2 Å². The van der Waals surface area contributed by atoms with Crippen molar-refractivity contribution in [2.75, 3.05) is 12.9 Å². The number of aromatic nitrogens is 3. The Balaban J connectivity index is 1.82. The Bertz CT molecular complexity index is 924. The largest absolute Gasteiger partial charge is 0.497 e. The molecule has 6 nitrogen and oxygen atoms in total. The lowest BCUT2D eigenvalue weighted by Crippen LogP contribution is -2.31. The molecule has 1 amide bonds. The fraction of sp³-hybridized carbons (Fsp3) is 0.318. The third-order valence-corrected chi connectivity index (χ3v) is 5.28. The second-order valence-electron chi connectivity index (χ2n) is 6.93. The minimum Gasteiger partial charge on any atom is -0.497 e. The highest BCUT2D eigenvalue weighted by molar-refractivity contribution is 7.99. The van der Waals surface area contributed by atoms with Crippen LogP contribution < -0.4 is 10.1 Å². The van der Waals surface area contributed by atoms with Crippen molar-refractivity contribution in [2.24, 2.45) is 0 Å². The van der Waals surface area contributed by atoms with E-state index in [2.05, 4.69) is 32.2 Å². The first kappa shape index (κ1) is 20.9. The standard InChI is InChI=1S/C22H26N4O2S/c1-16(2)23-20(27)15-29-22-25-24-21(18-9-11-19(28-3)12-10-18)26(22)14-13-17-7-5-4-6-8-17/h4-12,16H,13-15H2,1-3H3,(H,23,27). The molecular formula is C22H26N4O2S. The van der Waals surface area contributed by atoms with E-state index in [1.165, 1.54) is 17.3 Å². The van der Waals surface area contributed by atoms with Crippen LogP contribution in [0.4, 0.5) is 0 Å². The van der Waals surface area contributed by atoms with Gasteiger partial charge in [0.2, 0.25) is 5.91 Å².